The molecule has 0 radical (unpaired) electrons. The summed E-state index contributed by atoms with van der Waals surface area (Å²) in [5, 5.41) is 10.0. The molecule has 42 heavy (non-hydrogen) atoms. The van der Waals surface area contributed by atoms with Gasteiger partial charge in [0.2, 0.25) is 5.91 Å². The van der Waals surface area contributed by atoms with E-state index in [1.165, 1.54) is 27.8 Å². The van der Waals surface area contributed by atoms with Gasteiger partial charge in [-0.3, -0.25) is 14.6 Å². The average molecular weight is 621 g/mol. The SMILES string of the molecule is O=C(OCCCCO[N+](=O)[O-])C1CSCN1C(=O)COCCN1CCN(C(c2ccccc2)c2ccc(Cl)cc2)CC1. The minimum absolute atomic E-state index is 0.0426. The Morgan fingerprint density at radius 3 is 2.38 bits per heavy atom. The van der Waals surface area contributed by atoms with Gasteiger partial charge >= 0.3 is 5.97 Å². The largest absolute Gasteiger partial charge is 0.464 e. The predicted molar refractivity (Wildman–Crippen MR) is 160 cm³/mol. The van der Waals surface area contributed by atoms with Gasteiger partial charge in [-0.25, -0.2) is 4.79 Å². The molecule has 2 unspecified atom stereocenters. The van der Waals surface area contributed by atoms with Crippen molar-refractivity contribution in [2.75, 3.05) is 70.8 Å². The smallest absolute Gasteiger partial charge is 0.329 e. The van der Waals surface area contributed by atoms with Crippen LogP contribution < -0.4 is 0 Å². The molecule has 2 fully saturated rings. The van der Waals surface area contributed by atoms with E-state index in [0.717, 1.165) is 37.7 Å². The second-order valence-corrected chi connectivity index (χ2v) is 11.5. The molecular formula is C29H37ClN4O7S. The number of halogens is 1. The third-order valence-electron chi connectivity index (χ3n) is 7.30. The van der Waals surface area contributed by atoms with E-state index >= 15 is 0 Å². The zero-order valence-electron chi connectivity index (χ0n) is 23.5. The van der Waals surface area contributed by atoms with Crippen molar-refractivity contribution in [3.63, 3.8) is 0 Å². The third-order valence-corrected chi connectivity index (χ3v) is 8.57. The Bertz CT molecular complexity index is 1150. The molecule has 2 heterocycles. The summed E-state index contributed by atoms with van der Waals surface area (Å²) in [5.41, 5.74) is 2.46. The number of carbonyl (C=O) groups excluding carboxylic acids is 2. The van der Waals surface area contributed by atoms with Crippen LogP contribution in [0.3, 0.4) is 0 Å². The number of benzene rings is 2. The van der Waals surface area contributed by atoms with Crippen LogP contribution >= 0.6 is 23.4 Å². The Labute approximate surface area is 255 Å². The van der Waals surface area contributed by atoms with Crippen LogP contribution in [0.25, 0.3) is 0 Å². The molecule has 2 saturated heterocycles. The van der Waals surface area contributed by atoms with Gasteiger partial charge < -0.3 is 19.2 Å². The monoisotopic (exact) mass is 620 g/mol. The molecule has 0 aromatic heterocycles. The van der Waals surface area contributed by atoms with Gasteiger partial charge in [0, 0.05) is 43.5 Å². The number of piperazine rings is 1. The van der Waals surface area contributed by atoms with Crippen LogP contribution in [-0.2, 0) is 23.9 Å². The fourth-order valence-corrected chi connectivity index (χ4v) is 6.36. The van der Waals surface area contributed by atoms with Crippen LogP contribution in [0.5, 0.6) is 0 Å². The zero-order valence-corrected chi connectivity index (χ0v) is 25.0. The second kappa shape index (κ2) is 16.7. The Hall–Kier alpha value is -2.90. The highest BCUT2D eigenvalue weighted by molar-refractivity contribution is 7.99. The molecule has 2 aromatic rings. The highest BCUT2D eigenvalue weighted by Crippen LogP contribution is 2.30. The van der Waals surface area contributed by atoms with E-state index in [4.69, 9.17) is 21.1 Å². The maximum Gasteiger partial charge on any atom is 0.329 e. The first-order valence-corrected chi connectivity index (χ1v) is 15.6. The summed E-state index contributed by atoms with van der Waals surface area (Å²) in [6, 6.07) is 18.1. The Morgan fingerprint density at radius 1 is 0.976 bits per heavy atom. The summed E-state index contributed by atoms with van der Waals surface area (Å²) in [6.07, 6.45) is 0.841. The number of thioether (sulfide) groups is 1. The van der Waals surface area contributed by atoms with Crippen molar-refractivity contribution in [2.24, 2.45) is 0 Å². The van der Waals surface area contributed by atoms with Crippen molar-refractivity contribution >= 4 is 35.2 Å². The summed E-state index contributed by atoms with van der Waals surface area (Å²) in [7, 11) is 0. The fraction of sp³-hybridized carbons (Fsp3) is 0.517. The fourth-order valence-electron chi connectivity index (χ4n) is 5.07. The molecule has 228 valence electrons. The number of hydrogen-bond donors (Lipinski definition) is 0. The lowest BCUT2D eigenvalue weighted by molar-refractivity contribution is -0.757. The first-order chi connectivity index (χ1) is 20.4. The van der Waals surface area contributed by atoms with Crippen molar-refractivity contribution in [3.05, 3.63) is 80.9 Å². The Morgan fingerprint density at radius 2 is 1.67 bits per heavy atom. The number of esters is 1. The molecular weight excluding hydrogens is 584 g/mol. The quantitative estimate of drug-likeness (QED) is 0.127. The van der Waals surface area contributed by atoms with Gasteiger partial charge in [0.05, 0.1) is 31.7 Å². The summed E-state index contributed by atoms with van der Waals surface area (Å²) < 4.78 is 11.0. The maximum absolute atomic E-state index is 12.8. The number of rotatable bonds is 15. The summed E-state index contributed by atoms with van der Waals surface area (Å²) in [6.45, 7) is 4.72. The van der Waals surface area contributed by atoms with Crippen LogP contribution in [0, 0.1) is 10.1 Å². The van der Waals surface area contributed by atoms with E-state index in [2.05, 4.69) is 51.0 Å². The number of ether oxygens (including phenoxy) is 2. The summed E-state index contributed by atoms with van der Waals surface area (Å²) in [4.78, 5) is 46.0. The summed E-state index contributed by atoms with van der Waals surface area (Å²) in [5.74, 6) is 0.185. The van der Waals surface area contributed by atoms with E-state index in [9.17, 15) is 19.7 Å². The first kappa shape index (κ1) is 32.0. The molecule has 13 heteroatoms. The standard InChI is InChI=1S/C29H37ClN4O7S/c30-25-10-8-24(9-11-25)28(23-6-2-1-3-7-23)32-14-12-31(13-15-32)16-19-39-20-27(35)33-22-42-21-26(33)29(36)40-17-4-5-18-41-34(37)38/h1-3,6-11,26,28H,4-5,12-22H2. The van der Waals surface area contributed by atoms with Gasteiger partial charge in [0.25, 0.3) is 5.09 Å². The molecule has 0 N–H and O–H groups in total. The van der Waals surface area contributed by atoms with Crippen LogP contribution in [0.4, 0.5) is 0 Å². The highest BCUT2D eigenvalue weighted by Gasteiger charge is 2.35. The number of hydrogen-bond acceptors (Lipinski definition) is 10. The summed E-state index contributed by atoms with van der Waals surface area (Å²) >= 11 is 7.64. The van der Waals surface area contributed by atoms with E-state index in [0.29, 0.717) is 31.1 Å². The van der Waals surface area contributed by atoms with Gasteiger partial charge in [0.15, 0.2) is 0 Å². The van der Waals surface area contributed by atoms with E-state index in [1.807, 2.05) is 18.2 Å². The van der Waals surface area contributed by atoms with Crippen LogP contribution in [0.1, 0.15) is 30.0 Å². The highest BCUT2D eigenvalue weighted by atomic mass is 35.5. The zero-order chi connectivity index (χ0) is 29.7. The minimum Gasteiger partial charge on any atom is -0.464 e. The molecule has 2 aliphatic rings. The van der Waals surface area contributed by atoms with E-state index < -0.39 is 17.1 Å². The van der Waals surface area contributed by atoms with Gasteiger partial charge in [-0.05, 0) is 36.1 Å². The lowest BCUT2D eigenvalue weighted by Crippen LogP contribution is -2.48. The van der Waals surface area contributed by atoms with Gasteiger partial charge in [-0.1, -0.05) is 54.1 Å². The lowest BCUT2D eigenvalue weighted by atomic mass is 9.96. The molecule has 1 amide bonds. The van der Waals surface area contributed by atoms with Crippen LogP contribution in [0.2, 0.25) is 5.02 Å². The second-order valence-electron chi connectivity index (χ2n) is 10.1. The molecule has 2 aromatic carbocycles. The minimum atomic E-state index is -0.848. The molecule has 0 bridgehead atoms. The Kier molecular flexibility index (Phi) is 12.7. The van der Waals surface area contributed by atoms with Crippen LogP contribution in [0.15, 0.2) is 54.6 Å². The Balaban J connectivity index is 1.16. The predicted octanol–water partition coefficient (Wildman–Crippen LogP) is 3.50. The molecule has 11 nitrogen and oxygen atoms in total. The van der Waals surface area contributed by atoms with E-state index in [-0.39, 0.29) is 31.8 Å². The van der Waals surface area contributed by atoms with Crippen molar-refractivity contribution in [1.29, 1.82) is 0 Å². The van der Waals surface area contributed by atoms with Crippen molar-refractivity contribution in [1.82, 2.24) is 14.7 Å². The van der Waals surface area contributed by atoms with Gasteiger partial charge in [0.1, 0.15) is 12.6 Å². The van der Waals surface area contributed by atoms with Crippen molar-refractivity contribution in [3.8, 4) is 0 Å². The van der Waals surface area contributed by atoms with Gasteiger partial charge in [-0.15, -0.1) is 21.9 Å². The topological polar surface area (TPSA) is 115 Å². The molecule has 0 spiro atoms. The van der Waals surface area contributed by atoms with Gasteiger partial charge in [-0.2, -0.15) is 0 Å². The van der Waals surface area contributed by atoms with E-state index in [1.54, 1.807) is 0 Å². The molecule has 4 rings (SSSR count). The molecule has 0 saturated carbocycles. The van der Waals surface area contributed by atoms with Crippen molar-refractivity contribution in [2.45, 2.75) is 24.9 Å². The lowest BCUT2D eigenvalue weighted by Gasteiger charge is -2.39. The first-order valence-electron chi connectivity index (χ1n) is 14.1. The number of nitrogens with zero attached hydrogens (tertiary/aromatic N) is 4. The molecule has 2 atom stereocenters. The normalized spacial score (nSPS) is 18.5. The average Bonchev–Trinajstić information content (AvgIpc) is 3.50. The van der Waals surface area contributed by atoms with Crippen molar-refractivity contribution < 1.29 is 29.0 Å². The molecule has 2 aliphatic heterocycles. The number of carbonyl (C=O) groups is 2. The third kappa shape index (κ3) is 9.56. The number of amides is 1. The maximum atomic E-state index is 12.8. The van der Waals surface area contributed by atoms with Crippen LogP contribution in [-0.4, -0.2) is 108 Å². The molecule has 0 aliphatic carbocycles. The number of unbranched alkanes of at least 4 members (excludes halogenated alkanes) is 1.